The SMILES string of the molecule is COCCCC(=O)Nc1cc(N)ccc1F. The van der Waals surface area contributed by atoms with Gasteiger partial charge in [-0.15, -0.1) is 0 Å². The fourth-order valence-corrected chi connectivity index (χ4v) is 1.23. The normalized spacial score (nSPS) is 10.1. The van der Waals surface area contributed by atoms with Gasteiger partial charge in [0.05, 0.1) is 5.69 Å². The molecule has 0 fully saturated rings. The van der Waals surface area contributed by atoms with Crippen LogP contribution in [0.4, 0.5) is 15.8 Å². The Bertz CT molecular complexity index is 369. The van der Waals surface area contributed by atoms with Crippen LogP contribution in [0.3, 0.4) is 0 Å². The largest absolute Gasteiger partial charge is 0.399 e. The van der Waals surface area contributed by atoms with Gasteiger partial charge in [-0.2, -0.15) is 0 Å². The Morgan fingerprint density at radius 2 is 2.31 bits per heavy atom. The number of ether oxygens (including phenoxy) is 1. The number of carbonyl (C=O) groups excluding carboxylic acids is 1. The summed E-state index contributed by atoms with van der Waals surface area (Å²) in [4.78, 5) is 11.4. The van der Waals surface area contributed by atoms with E-state index in [1.54, 1.807) is 7.11 Å². The summed E-state index contributed by atoms with van der Waals surface area (Å²) in [5, 5.41) is 2.46. The molecule has 1 aromatic rings. The van der Waals surface area contributed by atoms with E-state index >= 15 is 0 Å². The van der Waals surface area contributed by atoms with Gasteiger partial charge in [0.2, 0.25) is 5.91 Å². The van der Waals surface area contributed by atoms with E-state index < -0.39 is 5.82 Å². The molecule has 0 unspecified atom stereocenters. The molecule has 5 heteroatoms. The second-order valence-electron chi connectivity index (χ2n) is 3.38. The Morgan fingerprint density at radius 3 is 3.00 bits per heavy atom. The van der Waals surface area contributed by atoms with Gasteiger partial charge >= 0.3 is 0 Å². The zero-order valence-corrected chi connectivity index (χ0v) is 9.13. The number of rotatable bonds is 5. The van der Waals surface area contributed by atoms with Crippen molar-refractivity contribution in [1.82, 2.24) is 0 Å². The van der Waals surface area contributed by atoms with Crippen LogP contribution in [0.5, 0.6) is 0 Å². The Kier molecular flexibility index (Phi) is 4.72. The van der Waals surface area contributed by atoms with Gasteiger partial charge in [-0.3, -0.25) is 4.79 Å². The van der Waals surface area contributed by atoms with Crippen molar-refractivity contribution < 1.29 is 13.9 Å². The summed E-state index contributed by atoms with van der Waals surface area (Å²) in [7, 11) is 1.56. The average molecular weight is 226 g/mol. The van der Waals surface area contributed by atoms with Crippen molar-refractivity contribution in [2.24, 2.45) is 0 Å². The number of nitrogens with two attached hydrogens (primary N) is 1. The highest BCUT2D eigenvalue weighted by atomic mass is 19.1. The van der Waals surface area contributed by atoms with E-state index in [0.717, 1.165) is 0 Å². The summed E-state index contributed by atoms with van der Waals surface area (Å²) in [6, 6.07) is 4.06. The van der Waals surface area contributed by atoms with Crippen molar-refractivity contribution >= 4 is 17.3 Å². The fraction of sp³-hybridized carbons (Fsp3) is 0.364. The molecular formula is C11H15FN2O2. The lowest BCUT2D eigenvalue weighted by molar-refractivity contribution is -0.116. The Labute approximate surface area is 93.6 Å². The van der Waals surface area contributed by atoms with Gasteiger partial charge in [0, 0.05) is 25.8 Å². The highest BCUT2D eigenvalue weighted by molar-refractivity contribution is 5.91. The molecule has 1 aromatic carbocycles. The lowest BCUT2D eigenvalue weighted by Gasteiger charge is -2.06. The summed E-state index contributed by atoms with van der Waals surface area (Å²) in [5.74, 6) is -0.740. The minimum absolute atomic E-state index is 0.113. The maximum absolute atomic E-state index is 13.2. The zero-order chi connectivity index (χ0) is 12.0. The maximum atomic E-state index is 13.2. The third-order valence-electron chi connectivity index (χ3n) is 2.02. The standard InChI is InChI=1S/C11H15FN2O2/c1-16-6-2-3-11(15)14-10-7-8(13)4-5-9(10)12/h4-5,7H,2-3,6,13H2,1H3,(H,14,15). The third-order valence-corrected chi connectivity index (χ3v) is 2.02. The molecule has 0 saturated carbocycles. The topological polar surface area (TPSA) is 64.3 Å². The molecule has 1 rings (SSSR count). The first kappa shape index (κ1) is 12.4. The first-order valence-electron chi connectivity index (χ1n) is 4.97. The van der Waals surface area contributed by atoms with E-state index in [2.05, 4.69) is 5.32 Å². The molecule has 0 heterocycles. The molecule has 0 radical (unpaired) electrons. The highest BCUT2D eigenvalue weighted by Crippen LogP contribution is 2.17. The lowest BCUT2D eigenvalue weighted by Crippen LogP contribution is -2.13. The fourth-order valence-electron chi connectivity index (χ4n) is 1.23. The monoisotopic (exact) mass is 226 g/mol. The number of anilines is 2. The predicted molar refractivity (Wildman–Crippen MR) is 60.6 cm³/mol. The predicted octanol–water partition coefficient (Wildman–Crippen LogP) is 1.77. The Hall–Kier alpha value is -1.62. The van der Waals surface area contributed by atoms with Crippen molar-refractivity contribution in [1.29, 1.82) is 0 Å². The van der Waals surface area contributed by atoms with Gasteiger partial charge in [-0.1, -0.05) is 0 Å². The van der Waals surface area contributed by atoms with E-state index in [1.807, 2.05) is 0 Å². The Balaban J connectivity index is 2.52. The second-order valence-corrected chi connectivity index (χ2v) is 3.38. The number of nitrogens with one attached hydrogen (secondary N) is 1. The van der Waals surface area contributed by atoms with Crippen molar-refractivity contribution in [2.45, 2.75) is 12.8 Å². The smallest absolute Gasteiger partial charge is 0.224 e. The molecule has 1 amide bonds. The zero-order valence-electron chi connectivity index (χ0n) is 9.13. The van der Waals surface area contributed by atoms with Crippen LogP contribution < -0.4 is 11.1 Å². The van der Waals surface area contributed by atoms with Crippen molar-refractivity contribution in [3.8, 4) is 0 Å². The highest BCUT2D eigenvalue weighted by Gasteiger charge is 2.06. The van der Waals surface area contributed by atoms with Crippen molar-refractivity contribution in [3.05, 3.63) is 24.0 Å². The van der Waals surface area contributed by atoms with Gasteiger partial charge in [-0.05, 0) is 24.6 Å². The van der Waals surface area contributed by atoms with E-state index in [9.17, 15) is 9.18 Å². The van der Waals surface area contributed by atoms with Gasteiger partial charge in [0.15, 0.2) is 0 Å². The van der Waals surface area contributed by atoms with Crippen molar-refractivity contribution in [2.75, 3.05) is 24.8 Å². The van der Waals surface area contributed by atoms with Gasteiger partial charge in [0.1, 0.15) is 5.82 Å². The number of hydrogen-bond donors (Lipinski definition) is 2. The molecule has 0 aliphatic carbocycles. The minimum atomic E-state index is -0.491. The van der Waals surface area contributed by atoms with Crippen LogP contribution in [-0.4, -0.2) is 19.6 Å². The molecular weight excluding hydrogens is 211 g/mol. The molecule has 0 spiro atoms. The number of methoxy groups -OCH3 is 1. The summed E-state index contributed by atoms with van der Waals surface area (Å²) in [6.07, 6.45) is 0.897. The van der Waals surface area contributed by atoms with Crippen LogP contribution >= 0.6 is 0 Å². The average Bonchev–Trinajstić information content (AvgIpc) is 2.24. The number of benzene rings is 1. The summed E-state index contributed by atoms with van der Waals surface area (Å²) >= 11 is 0. The molecule has 0 aliphatic rings. The van der Waals surface area contributed by atoms with Crippen molar-refractivity contribution in [3.63, 3.8) is 0 Å². The number of halogens is 1. The first-order chi connectivity index (χ1) is 7.63. The van der Waals surface area contributed by atoms with E-state index in [0.29, 0.717) is 25.1 Å². The maximum Gasteiger partial charge on any atom is 0.224 e. The molecule has 0 atom stereocenters. The van der Waals surface area contributed by atoms with E-state index in [-0.39, 0.29) is 11.6 Å². The van der Waals surface area contributed by atoms with Gasteiger partial charge in [-0.25, -0.2) is 4.39 Å². The summed E-state index contributed by atoms with van der Waals surface area (Å²) in [6.45, 7) is 0.507. The van der Waals surface area contributed by atoms with Crippen LogP contribution in [-0.2, 0) is 9.53 Å². The Morgan fingerprint density at radius 1 is 1.56 bits per heavy atom. The number of nitrogen functional groups attached to an aromatic ring is 1. The first-order valence-corrected chi connectivity index (χ1v) is 4.97. The number of carbonyl (C=O) groups is 1. The van der Waals surface area contributed by atoms with Crippen LogP contribution in [0, 0.1) is 5.82 Å². The van der Waals surface area contributed by atoms with Gasteiger partial charge in [0.25, 0.3) is 0 Å². The molecule has 3 N–H and O–H groups in total. The lowest BCUT2D eigenvalue weighted by atomic mass is 10.2. The van der Waals surface area contributed by atoms with E-state index in [4.69, 9.17) is 10.5 Å². The molecule has 0 saturated heterocycles. The quantitative estimate of drug-likeness (QED) is 0.594. The molecule has 0 aliphatic heterocycles. The number of hydrogen-bond acceptors (Lipinski definition) is 3. The summed E-state index contributed by atoms with van der Waals surface area (Å²) in [5.41, 5.74) is 6.01. The minimum Gasteiger partial charge on any atom is -0.399 e. The molecule has 4 nitrogen and oxygen atoms in total. The van der Waals surface area contributed by atoms with Crippen LogP contribution in [0.1, 0.15) is 12.8 Å². The molecule has 0 aromatic heterocycles. The van der Waals surface area contributed by atoms with Crippen LogP contribution in [0.15, 0.2) is 18.2 Å². The number of amides is 1. The van der Waals surface area contributed by atoms with E-state index in [1.165, 1.54) is 18.2 Å². The van der Waals surface area contributed by atoms with Gasteiger partial charge < -0.3 is 15.8 Å². The third kappa shape index (κ3) is 3.86. The molecule has 88 valence electrons. The molecule has 0 bridgehead atoms. The molecule has 16 heavy (non-hydrogen) atoms. The second kappa shape index (κ2) is 6.07. The summed E-state index contributed by atoms with van der Waals surface area (Å²) < 4.78 is 18.0. The van der Waals surface area contributed by atoms with Crippen LogP contribution in [0.25, 0.3) is 0 Å². The van der Waals surface area contributed by atoms with Crippen LogP contribution in [0.2, 0.25) is 0 Å².